The number of hydrogen-bond donors (Lipinski definition) is 1. The predicted octanol–water partition coefficient (Wildman–Crippen LogP) is 4.37. The average molecular weight is 406 g/mol. The van der Waals surface area contributed by atoms with Gasteiger partial charge in [0.1, 0.15) is 5.82 Å². The molecule has 0 atom stereocenters. The van der Waals surface area contributed by atoms with E-state index in [9.17, 15) is 4.79 Å². The van der Waals surface area contributed by atoms with Crippen molar-refractivity contribution < 1.29 is 4.79 Å². The number of thiophene rings is 1. The molecule has 1 N–H and O–H groups in total. The van der Waals surface area contributed by atoms with Crippen molar-refractivity contribution in [2.75, 3.05) is 5.32 Å². The molecule has 0 aliphatic rings. The van der Waals surface area contributed by atoms with Gasteiger partial charge in [-0.25, -0.2) is 9.36 Å². The first kappa shape index (κ1) is 19.1. The number of benzene rings is 1. The summed E-state index contributed by atoms with van der Waals surface area (Å²) in [5, 5.41) is 14.0. The second-order valence-electron chi connectivity index (χ2n) is 6.90. The second kappa shape index (κ2) is 8.45. The average Bonchev–Trinajstić information content (AvgIpc) is 3.45. The molecule has 148 valence electrons. The van der Waals surface area contributed by atoms with E-state index in [1.54, 1.807) is 17.5 Å². The van der Waals surface area contributed by atoms with Gasteiger partial charge in [0.05, 0.1) is 24.1 Å². The third-order valence-electron chi connectivity index (χ3n) is 4.91. The number of aryl methyl sites for hydroxylation is 1. The summed E-state index contributed by atoms with van der Waals surface area (Å²) in [7, 11) is 0. The monoisotopic (exact) mass is 405 g/mol. The number of carbonyl (C=O) groups is 1. The van der Waals surface area contributed by atoms with Crippen molar-refractivity contribution in [2.24, 2.45) is 0 Å². The Labute approximate surface area is 173 Å². The number of nitrogens with zero attached hydrogens (tertiary/aromatic N) is 4. The highest BCUT2D eigenvalue weighted by atomic mass is 32.1. The molecule has 29 heavy (non-hydrogen) atoms. The summed E-state index contributed by atoms with van der Waals surface area (Å²) in [6, 6.07) is 16.0. The lowest BCUT2D eigenvalue weighted by atomic mass is 10.1. The van der Waals surface area contributed by atoms with Crippen molar-refractivity contribution in [2.45, 2.75) is 33.2 Å². The molecule has 0 saturated heterocycles. The number of nitrogens with one attached hydrogen (secondary N) is 1. The molecule has 3 heterocycles. The molecule has 1 aromatic carbocycles. The van der Waals surface area contributed by atoms with E-state index < -0.39 is 0 Å². The van der Waals surface area contributed by atoms with Gasteiger partial charge in [-0.05, 0) is 49.4 Å². The summed E-state index contributed by atoms with van der Waals surface area (Å²) in [5.74, 6) is 0.695. The molecule has 3 aromatic heterocycles. The summed E-state index contributed by atoms with van der Waals surface area (Å²) in [5.41, 5.74) is 4.18. The molecule has 0 aliphatic heterocycles. The Bertz CT molecular complexity index is 1100. The van der Waals surface area contributed by atoms with E-state index in [4.69, 9.17) is 0 Å². The van der Waals surface area contributed by atoms with Gasteiger partial charge in [0, 0.05) is 23.1 Å². The third-order valence-corrected chi connectivity index (χ3v) is 5.77. The first-order chi connectivity index (χ1) is 14.1. The van der Waals surface area contributed by atoms with Crippen LogP contribution in [0.5, 0.6) is 0 Å². The quantitative estimate of drug-likeness (QED) is 0.497. The largest absolute Gasteiger partial charge is 0.311 e. The molecule has 4 rings (SSSR count). The van der Waals surface area contributed by atoms with Gasteiger partial charge in [0.25, 0.3) is 0 Å². The van der Waals surface area contributed by atoms with Crippen LogP contribution in [0.1, 0.15) is 28.2 Å². The Hall–Kier alpha value is -3.19. The Morgan fingerprint density at radius 2 is 1.93 bits per heavy atom. The van der Waals surface area contributed by atoms with Crippen LogP contribution < -0.4 is 5.32 Å². The number of rotatable bonds is 7. The Kier molecular flexibility index (Phi) is 5.57. The molecule has 0 unspecified atom stereocenters. The van der Waals surface area contributed by atoms with Gasteiger partial charge in [0.15, 0.2) is 0 Å². The first-order valence-corrected chi connectivity index (χ1v) is 10.4. The van der Waals surface area contributed by atoms with E-state index in [1.807, 2.05) is 64.1 Å². The summed E-state index contributed by atoms with van der Waals surface area (Å²) in [6.07, 6.45) is 2.75. The van der Waals surface area contributed by atoms with Gasteiger partial charge < -0.3 is 5.32 Å². The van der Waals surface area contributed by atoms with E-state index in [2.05, 4.69) is 28.5 Å². The van der Waals surface area contributed by atoms with Crippen molar-refractivity contribution in [3.63, 3.8) is 0 Å². The maximum Gasteiger partial charge on any atom is 0.225 e. The molecule has 4 aromatic rings. The first-order valence-electron chi connectivity index (χ1n) is 9.56. The van der Waals surface area contributed by atoms with E-state index in [-0.39, 0.29) is 5.91 Å². The normalized spacial score (nSPS) is 11.0. The van der Waals surface area contributed by atoms with Crippen LogP contribution >= 0.6 is 11.3 Å². The fourth-order valence-corrected chi connectivity index (χ4v) is 4.10. The summed E-state index contributed by atoms with van der Waals surface area (Å²) in [4.78, 5) is 13.8. The van der Waals surface area contributed by atoms with Gasteiger partial charge >= 0.3 is 0 Å². The molecule has 7 heteroatoms. The number of aromatic nitrogens is 4. The van der Waals surface area contributed by atoms with E-state index in [1.165, 1.54) is 4.88 Å². The van der Waals surface area contributed by atoms with Crippen LogP contribution in [0.4, 0.5) is 5.82 Å². The molecule has 0 saturated carbocycles. The SMILES string of the molecule is Cc1nn(-c2ccccc2)c(C)c1CCC(=O)Nc1ccnn1Cc1cccs1. The van der Waals surface area contributed by atoms with Crippen molar-refractivity contribution in [3.05, 3.63) is 81.9 Å². The zero-order valence-corrected chi connectivity index (χ0v) is 17.3. The van der Waals surface area contributed by atoms with E-state index >= 15 is 0 Å². The van der Waals surface area contributed by atoms with Gasteiger partial charge in [-0.1, -0.05) is 24.3 Å². The minimum Gasteiger partial charge on any atom is -0.311 e. The van der Waals surface area contributed by atoms with Gasteiger partial charge in [0.2, 0.25) is 5.91 Å². The maximum absolute atomic E-state index is 12.6. The highest BCUT2D eigenvalue weighted by Crippen LogP contribution is 2.20. The second-order valence-corrected chi connectivity index (χ2v) is 7.93. The zero-order chi connectivity index (χ0) is 20.2. The van der Waals surface area contributed by atoms with Crippen LogP contribution in [-0.4, -0.2) is 25.5 Å². The van der Waals surface area contributed by atoms with Crippen LogP contribution in [0.15, 0.2) is 60.1 Å². The van der Waals surface area contributed by atoms with Crippen molar-refractivity contribution >= 4 is 23.1 Å². The van der Waals surface area contributed by atoms with E-state index in [0.717, 1.165) is 28.5 Å². The fraction of sp³-hybridized carbons (Fsp3) is 0.227. The highest BCUT2D eigenvalue weighted by Gasteiger charge is 2.15. The van der Waals surface area contributed by atoms with Gasteiger partial charge in [-0.3, -0.25) is 4.79 Å². The van der Waals surface area contributed by atoms with Crippen LogP contribution in [0.25, 0.3) is 5.69 Å². The lowest BCUT2D eigenvalue weighted by Gasteiger charge is -2.09. The number of amides is 1. The minimum atomic E-state index is -0.0239. The smallest absolute Gasteiger partial charge is 0.225 e. The highest BCUT2D eigenvalue weighted by molar-refractivity contribution is 7.09. The minimum absolute atomic E-state index is 0.0239. The molecule has 0 aliphatic carbocycles. The number of anilines is 1. The standard InChI is InChI=1S/C22H23N5OS/c1-16-20(17(2)27(25-16)18-7-4-3-5-8-18)10-11-22(28)24-21-12-13-23-26(21)15-19-9-6-14-29-19/h3-9,12-14H,10-11,15H2,1-2H3,(H,24,28). The van der Waals surface area contributed by atoms with Gasteiger partial charge in [-0.2, -0.15) is 10.2 Å². The number of para-hydroxylation sites is 1. The van der Waals surface area contributed by atoms with Crippen molar-refractivity contribution in [3.8, 4) is 5.69 Å². The van der Waals surface area contributed by atoms with Crippen molar-refractivity contribution in [1.82, 2.24) is 19.6 Å². The third kappa shape index (κ3) is 4.30. The molecule has 0 radical (unpaired) electrons. The zero-order valence-electron chi connectivity index (χ0n) is 16.5. The number of carbonyl (C=O) groups excluding carboxylic acids is 1. The molecule has 1 amide bonds. The fourth-order valence-electron chi connectivity index (χ4n) is 3.42. The lowest BCUT2D eigenvalue weighted by molar-refractivity contribution is -0.116. The summed E-state index contributed by atoms with van der Waals surface area (Å²) < 4.78 is 3.76. The topological polar surface area (TPSA) is 64.7 Å². The molecular formula is C22H23N5OS. The number of hydrogen-bond acceptors (Lipinski definition) is 4. The van der Waals surface area contributed by atoms with Crippen LogP contribution in [0.2, 0.25) is 0 Å². The summed E-state index contributed by atoms with van der Waals surface area (Å²) >= 11 is 1.68. The summed E-state index contributed by atoms with van der Waals surface area (Å²) in [6.45, 7) is 4.70. The molecule has 0 bridgehead atoms. The van der Waals surface area contributed by atoms with Crippen LogP contribution in [0, 0.1) is 13.8 Å². The van der Waals surface area contributed by atoms with Crippen LogP contribution in [0.3, 0.4) is 0 Å². The maximum atomic E-state index is 12.6. The molecule has 0 fully saturated rings. The molecule has 0 spiro atoms. The van der Waals surface area contributed by atoms with E-state index in [0.29, 0.717) is 19.4 Å². The Morgan fingerprint density at radius 1 is 1.10 bits per heavy atom. The molecular weight excluding hydrogens is 382 g/mol. The molecule has 6 nitrogen and oxygen atoms in total. The Morgan fingerprint density at radius 3 is 2.69 bits per heavy atom. The predicted molar refractivity (Wildman–Crippen MR) is 116 cm³/mol. The van der Waals surface area contributed by atoms with Crippen LogP contribution in [-0.2, 0) is 17.8 Å². The van der Waals surface area contributed by atoms with Crippen molar-refractivity contribution in [1.29, 1.82) is 0 Å². The van der Waals surface area contributed by atoms with Gasteiger partial charge in [-0.15, -0.1) is 11.3 Å². The Balaban J connectivity index is 1.41. The lowest BCUT2D eigenvalue weighted by Crippen LogP contribution is -2.16.